The lowest BCUT2D eigenvalue weighted by Gasteiger charge is -2.06. The van der Waals surface area contributed by atoms with Crippen LogP contribution in [0.25, 0.3) is 5.76 Å². The van der Waals surface area contributed by atoms with Crippen molar-refractivity contribution in [2.45, 2.75) is 6.42 Å². The van der Waals surface area contributed by atoms with Crippen molar-refractivity contribution in [3.8, 4) is 0 Å². The minimum Gasteiger partial charge on any atom is -0.486 e. The Bertz CT molecular complexity index is 398. The quantitative estimate of drug-likeness (QED) is 0.761. The van der Waals surface area contributed by atoms with Crippen LogP contribution in [0.5, 0.6) is 0 Å². The topological polar surface area (TPSA) is 22.1 Å². The van der Waals surface area contributed by atoms with Crippen LogP contribution in [0, 0.1) is 0 Å². The molecule has 2 nitrogen and oxygen atoms in total. The second-order valence-corrected chi connectivity index (χ2v) is 3.62. The molecule has 1 heterocycles. The zero-order chi connectivity index (χ0) is 9.97. The third-order valence-corrected chi connectivity index (χ3v) is 2.13. The molecule has 0 spiro atoms. The lowest BCUT2D eigenvalue weighted by atomic mass is 10.2. The summed E-state index contributed by atoms with van der Waals surface area (Å²) < 4.78 is 5.46. The van der Waals surface area contributed by atoms with Gasteiger partial charge >= 0.3 is 0 Å². The molecule has 0 saturated heterocycles. The molecular formula is C11H10ClNO. The molecule has 1 aliphatic rings. The van der Waals surface area contributed by atoms with E-state index in [0.717, 1.165) is 17.9 Å². The molecule has 14 heavy (non-hydrogen) atoms. The van der Waals surface area contributed by atoms with E-state index in [-0.39, 0.29) is 0 Å². The lowest BCUT2D eigenvalue weighted by Crippen LogP contribution is -1.95. The van der Waals surface area contributed by atoms with E-state index in [9.17, 15) is 0 Å². The van der Waals surface area contributed by atoms with E-state index in [1.54, 1.807) is 6.20 Å². The molecule has 0 radical (unpaired) electrons. The highest BCUT2D eigenvalue weighted by atomic mass is 35.5. The van der Waals surface area contributed by atoms with Gasteiger partial charge in [-0.05, 0) is 24.1 Å². The molecule has 0 atom stereocenters. The fourth-order valence-corrected chi connectivity index (χ4v) is 1.46. The molecule has 0 bridgehead atoms. The van der Waals surface area contributed by atoms with Crippen molar-refractivity contribution in [3.63, 3.8) is 0 Å². The summed E-state index contributed by atoms with van der Waals surface area (Å²) in [5.74, 6) is 0.808. The Labute approximate surface area is 87.9 Å². The van der Waals surface area contributed by atoms with Crippen molar-refractivity contribution in [1.82, 2.24) is 4.98 Å². The van der Waals surface area contributed by atoms with E-state index < -0.39 is 0 Å². The number of allylic oxidation sites excluding steroid dienone is 1. The second kappa shape index (κ2) is 3.84. The Morgan fingerprint density at radius 3 is 3.29 bits per heavy atom. The Morgan fingerprint density at radius 1 is 1.64 bits per heavy atom. The average Bonchev–Trinajstić information content (AvgIpc) is 2.58. The summed E-state index contributed by atoms with van der Waals surface area (Å²) in [5, 5.41) is 0.496. The van der Waals surface area contributed by atoms with Gasteiger partial charge in [0.15, 0.2) is 0 Å². The van der Waals surface area contributed by atoms with Gasteiger partial charge in [-0.25, -0.2) is 0 Å². The largest absolute Gasteiger partial charge is 0.486 e. The molecule has 0 amide bonds. The SMILES string of the molecule is C=C(Cl)COC1=CCc2cccnc21. The minimum absolute atomic E-state index is 0.337. The number of pyridine rings is 1. The lowest BCUT2D eigenvalue weighted by molar-refractivity contribution is 0.316. The van der Waals surface area contributed by atoms with Gasteiger partial charge in [-0.15, -0.1) is 0 Å². The van der Waals surface area contributed by atoms with Gasteiger partial charge < -0.3 is 4.74 Å². The maximum atomic E-state index is 5.62. The number of aromatic nitrogens is 1. The van der Waals surface area contributed by atoms with Crippen LogP contribution in [-0.2, 0) is 11.2 Å². The predicted octanol–water partition coefficient (Wildman–Crippen LogP) is 2.75. The molecule has 72 valence electrons. The van der Waals surface area contributed by atoms with E-state index in [1.165, 1.54) is 5.56 Å². The predicted molar refractivity (Wildman–Crippen MR) is 56.9 cm³/mol. The molecule has 0 fully saturated rings. The van der Waals surface area contributed by atoms with Crippen LogP contribution in [0.2, 0.25) is 0 Å². The fraction of sp³-hybridized carbons (Fsp3) is 0.182. The van der Waals surface area contributed by atoms with Crippen LogP contribution in [0.3, 0.4) is 0 Å². The second-order valence-electron chi connectivity index (χ2n) is 3.09. The summed E-state index contributed by atoms with van der Waals surface area (Å²) in [6.07, 6.45) is 4.65. The van der Waals surface area contributed by atoms with Crippen LogP contribution in [0.1, 0.15) is 11.3 Å². The smallest absolute Gasteiger partial charge is 0.142 e. The molecule has 1 aromatic rings. The molecule has 2 rings (SSSR count). The molecular weight excluding hydrogens is 198 g/mol. The van der Waals surface area contributed by atoms with Crippen LogP contribution < -0.4 is 0 Å². The summed E-state index contributed by atoms with van der Waals surface area (Å²) in [6.45, 7) is 3.90. The highest BCUT2D eigenvalue weighted by molar-refractivity contribution is 6.29. The third-order valence-electron chi connectivity index (χ3n) is 2.02. The van der Waals surface area contributed by atoms with Gasteiger partial charge in [-0.2, -0.15) is 0 Å². The maximum absolute atomic E-state index is 5.62. The number of hydrogen-bond donors (Lipinski definition) is 0. The Kier molecular flexibility index (Phi) is 2.55. The van der Waals surface area contributed by atoms with Crippen molar-refractivity contribution < 1.29 is 4.74 Å². The summed E-state index contributed by atoms with van der Waals surface area (Å²) in [4.78, 5) is 4.25. The number of fused-ring (bicyclic) bond motifs is 1. The number of ether oxygens (including phenoxy) is 1. The molecule has 3 heteroatoms. The van der Waals surface area contributed by atoms with Crippen molar-refractivity contribution in [2.75, 3.05) is 6.61 Å². The van der Waals surface area contributed by atoms with Crippen LogP contribution in [-0.4, -0.2) is 11.6 Å². The first-order valence-electron chi connectivity index (χ1n) is 4.38. The highest BCUT2D eigenvalue weighted by Crippen LogP contribution is 2.26. The summed E-state index contributed by atoms with van der Waals surface area (Å²) >= 11 is 5.62. The molecule has 1 aromatic heterocycles. The van der Waals surface area contributed by atoms with Crippen molar-refractivity contribution >= 4 is 17.4 Å². The molecule has 0 aromatic carbocycles. The van der Waals surface area contributed by atoms with Gasteiger partial charge in [0.2, 0.25) is 0 Å². The summed E-state index contributed by atoms with van der Waals surface area (Å²) in [6, 6.07) is 3.97. The van der Waals surface area contributed by atoms with Gasteiger partial charge in [0.05, 0.1) is 0 Å². The first-order chi connectivity index (χ1) is 6.77. The zero-order valence-electron chi connectivity index (χ0n) is 7.66. The van der Waals surface area contributed by atoms with E-state index >= 15 is 0 Å². The van der Waals surface area contributed by atoms with E-state index in [1.807, 2.05) is 18.2 Å². The summed E-state index contributed by atoms with van der Waals surface area (Å²) in [7, 11) is 0. The molecule has 0 saturated carbocycles. The zero-order valence-corrected chi connectivity index (χ0v) is 8.42. The molecule has 0 unspecified atom stereocenters. The van der Waals surface area contributed by atoms with Crippen LogP contribution >= 0.6 is 11.6 Å². The Morgan fingerprint density at radius 2 is 2.50 bits per heavy atom. The van der Waals surface area contributed by atoms with Gasteiger partial charge in [0, 0.05) is 11.2 Å². The number of halogens is 1. The normalized spacial score (nSPS) is 13.4. The highest BCUT2D eigenvalue weighted by Gasteiger charge is 2.15. The van der Waals surface area contributed by atoms with Gasteiger partial charge in [0.25, 0.3) is 0 Å². The number of rotatable bonds is 3. The minimum atomic E-state index is 0.337. The Hall–Kier alpha value is -1.28. The van der Waals surface area contributed by atoms with Gasteiger partial charge in [-0.3, -0.25) is 4.98 Å². The van der Waals surface area contributed by atoms with Crippen LogP contribution in [0.15, 0.2) is 36.0 Å². The van der Waals surface area contributed by atoms with E-state index in [4.69, 9.17) is 16.3 Å². The first-order valence-corrected chi connectivity index (χ1v) is 4.75. The third kappa shape index (κ3) is 1.80. The standard InChI is InChI=1S/C11H10ClNO/c1-8(12)7-14-10-5-4-9-3-2-6-13-11(9)10/h2-3,5-6H,1,4,7H2. The van der Waals surface area contributed by atoms with Crippen molar-refractivity contribution in [2.24, 2.45) is 0 Å². The average molecular weight is 208 g/mol. The van der Waals surface area contributed by atoms with E-state index in [0.29, 0.717) is 11.6 Å². The Balaban J connectivity index is 2.13. The van der Waals surface area contributed by atoms with Gasteiger partial charge in [-0.1, -0.05) is 24.2 Å². The molecule has 1 aliphatic carbocycles. The first kappa shape index (κ1) is 9.28. The number of nitrogens with zero attached hydrogens (tertiary/aromatic N) is 1. The monoisotopic (exact) mass is 207 g/mol. The summed E-state index contributed by atoms with van der Waals surface area (Å²) in [5.41, 5.74) is 2.12. The molecule has 0 N–H and O–H groups in total. The van der Waals surface area contributed by atoms with E-state index in [2.05, 4.69) is 11.6 Å². The maximum Gasteiger partial charge on any atom is 0.142 e. The van der Waals surface area contributed by atoms with Crippen molar-refractivity contribution in [3.05, 3.63) is 47.3 Å². The van der Waals surface area contributed by atoms with Crippen LogP contribution in [0.4, 0.5) is 0 Å². The molecule has 0 aliphatic heterocycles. The number of hydrogen-bond acceptors (Lipinski definition) is 2. The fourth-order valence-electron chi connectivity index (χ4n) is 1.41. The van der Waals surface area contributed by atoms with Gasteiger partial charge in [0.1, 0.15) is 18.1 Å². The van der Waals surface area contributed by atoms with Crippen molar-refractivity contribution in [1.29, 1.82) is 0 Å².